The maximum absolute atomic E-state index is 11.9. The van der Waals surface area contributed by atoms with Gasteiger partial charge in [0.15, 0.2) is 0 Å². The fourth-order valence-electron chi connectivity index (χ4n) is 2.55. The molecule has 1 N–H and O–H groups in total. The number of carbonyl (C=O) groups excluding carboxylic acids is 2. The summed E-state index contributed by atoms with van der Waals surface area (Å²) in [6.45, 7) is 4.90. The van der Waals surface area contributed by atoms with E-state index in [0.29, 0.717) is 5.25 Å². The molecule has 0 spiro atoms. The summed E-state index contributed by atoms with van der Waals surface area (Å²) < 4.78 is 0. The second kappa shape index (κ2) is 5.29. The van der Waals surface area contributed by atoms with Gasteiger partial charge >= 0.3 is 0 Å². The standard InChI is InChI=1S/C12H20N2O2S/c1-8(2)11-12(16)13-6-10(15)14(11)7-9-4-3-5-17-9/h8-9,11H,3-7H2,1-2H3,(H,13,16). The lowest BCUT2D eigenvalue weighted by molar-refractivity contribution is -0.147. The highest BCUT2D eigenvalue weighted by Gasteiger charge is 2.37. The Balaban J connectivity index is 2.07. The summed E-state index contributed by atoms with van der Waals surface area (Å²) in [6.07, 6.45) is 2.40. The van der Waals surface area contributed by atoms with Gasteiger partial charge in [0.05, 0.1) is 6.54 Å². The summed E-state index contributed by atoms with van der Waals surface area (Å²) in [6, 6.07) is -0.280. The Morgan fingerprint density at radius 2 is 2.24 bits per heavy atom. The van der Waals surface area contributed by atoms with Crippen molar-refractivity contribution < 1.29 is 9.59 Å². The van der Waals surface area contributed by atoms with Crippen LogP contribution in [0.2, 0.25) is 0 Å². The Morgan fingerprint density at radius 3 is 2.82 bits per heavy atom. The van der Waals surface area contributed by atoms with E-state index < -0.39 is 0 Å². The van der Waals surface area contributed by atoms with E-state index in [1.807, 2.05) is 25.6 Å². The molecule has 17 heavy (non-hydrogen) atoms. The Labute approximate surface area is 106 Å². The molecule has 2 aliphatic heterocycles. The highest BCUT2D eigenvalue weighted by atomic mass is 32.2. The molecular weight excluding hydrogens is 236 g/mol. The predicted molar refractivity (Wildman–Crippen MR) is 68.8 cm³/mol. The quantitative estimate of drug-likeness (QED) is 0.815. The molecule has 96 valence electrons. The average Bonchev–Trinajstić information content (AvgIpc) is 2.76. The van der Waals surface area contributed by atoms with Crippen molar-refractivity contribution in [2.45, 2.75) is 38.0 Å². The van der Waals surface area contributed by atoms with Crippen LogP contribution in [0.15, 0.2) is 0 Å². The van der Waals surface area contributed by atoms with Crippen LogP contribution in [0.4, 0.5) is 0 Å². The summed E-state index contributed by atoms with van der Waals surface area (Å²) >= 11 is 1.93. The molecule has 4 nitrogen and oxygen atoms in total. The molecule has 0 bridgehead atoms. The number of hydrogen-bond donors (Lipinski definition) is 1. The van der Waals surface area contributed by atoms with Gasteiger partial charge in [-0.3, -0.25) is 9.59 Å². The maximum Gasteiger partial charge on any atom is 0.243 e. The van der Waals surface area contributed by atoms with Gasteiger partial charge in [0.25, 0.3) is 0 Å². The Kier molecular flexibility index (Phi) is 3.97. The number of amides is 2. The fourth-order valence-corrected chi connectivity index (χ4v) is 3.82. The van der Waals surface area contributed by atoms with Gasteiger partial charge in [-0.05, 0) is 24.5 Å². The zero-order chi connectivity index (χ0) is 12.4. The molecule has 2 unspecified atom stereocenters. The van der Waals surface area contributed by atoms with Gasteiger partial charge in [-0.1, -0.05) is 13.8 Å². The summed E-state index contributed by atoms with van der Waals surface area (Å²) in [5.41, 5.74) is 0. The largest absolute Gasteiger partial charge is 0.345 e. The van der Waals surface area contributed by atoms with E-state index in [-0.39, 0.29) is 30.3 Å². The lowest BCUT2D eigenvalue weighted by Crippen LogP contribution is -2.61. The average molecular weight is 256 g/mol. The minimum Gasteiger partial charge on any atom is -0.345 e. The van der Waals surface area contributed by atoms with Crippen LogP contribution in [0.25, 0.3) is 0 Å². The molecule has 0 aliphatic carbocycles. The van der Waals surface area contributed by atoms with E-state index in [2.05, 4.69) is 5.32 Å². The third-order valence-electron chi connectivity index (χ3n) is 3.39. The lowest BCUT2D eigenvalue weighted by atomic mass is 9.99. The van der Waals surface area contributed by atoms with E-state index in [1.165, 1.54) is 18.6 Å². The van der Waals surface area contributed by atoms with Crippen LogP contribution in [0.1, 0.15) is 26.7 Å². The maximum atomic E-state index is 11.9. The van der Waals surface area contributed by atoms with E-state index in [0.717, 1.165) is 6.54 Å². The van der Waals surface area contributed by atoms with E-state index >= 15 is 0 Å². The SMILES string of the molecule is CC(C)C1C(=O)NCC(=O)N1CC1CCCS1. The minimum absolute atomic E-state index is 0.00240. The van der Waals surface area contributed by atoms with Crippen LogP contribution in [0, 0.1) is 5.92 Å². The first-order chi connectivity index (χ1) is 8.09. The van der Waals surface area contributed by atoms with Crippen LogP contribution in [0.3, 0.4) is 0 Å². The highest BCUT2D eigenvalue weighted by molar-refractivity contribution is 8.00. The number of rotatable bonds is 3. The number of piperazine rings is 1. The third kappa shape index (κ3) is 2.76. The molecule has 0 aromatic rings. The van der Waals surface area contributed by atoms with Gasteiger partial charge in [0.2, 0.25) is 11.8 Å². The minimum atomic E-state index is -0.280. The highest BCUT2D eigenvalue weighted by Crippen LogP contribution is 2.28. The van der Waals surface area contributed by atoms with E-state index in [4.69, 9.17) is 0 Å². The zero-order valence-electron chi connectivity index (χ0n) is 10.4. The second-order valence-corrected chi connectivity index (χ2v) is 6.50. The molecule has 0 aromatic carbocycles. The van der Waals surface area contributed by atoms with Crippen LogP contribution in [-0.4, -0.2) is 46.8 Å². The van der Waals surface area contributed by atoms with Crippen LogP contribution in [0.5, 0.6) is 0 Å². The summed E-state index contributed by atoms with van der Waals surface area (Å²) in [7, 11) is 0. The van der Waals surface area contributed by atoms with Crippen molar-refractivity contribution in [3.05, 3.63) is 0 Å². The Bertz CT molecular complexity index is 314. The van der Waals surface area contributed by atoms with Gasteiger partial charge in [-0.15, -0.1) is 0 Å². The smallest absolute Gasteiger partial charge is 0.243 e. The van der Waals surface area contributed by atoms with Crippen molar-refractivity contribution >= 4 is 23.6 Å². The van der Waals surface area contributed by atoms with Crippen molar-refractivity contribution in [1.29, 1.82) is 0 Å². The number of nitrogens with zero attached hydrogens (tertiary/aromatic N) is 1. The molecule has 2 amide bonds. The summed E-state index contributed by atoms with van der Waals surface area (Å²) in [5.74, 6) is 1.43. The zero-order valence-corrected chi connectivity index (χ0v) is 11.3. The molecule has 0 saturated carbocycles. The number of nitrogens with one attached hydrogen (secondary N) is 1. The van der Waals surface area contributed by atoms with Crippen LogP contribution >= 0.6 is 11.8 Å². The molecule has 0 radical (unpaired) electrons. The van der Waals surface area contributed by atoms with Gasteiger partial charge in [0, 0.05) is 11.8 Å². The number of thioether (sulfide) groups is 1. The Hall–Kier alpha value is -0.710. The van der Waals surface area contributed by atoms with Gasteiger partial charge < -0.3 is 10.2 Å². The van der Waals surface area contributed by atoms with Gasteiger partial charge in [-0.2, -0.15) is 11.8 Å². The normalized spacial score (nSPS) is 29.9. The molecule has 2 saturated heterocycles. The van der Waals surface area contributed by atoms with Crippen molar-refractivity contribution in [2.24, 2.45) is 5.92 Å². The van der Waals surface area contributed by atoms with Crippen molar-refractivity contribution in [3.63, 3.8) is 0 Å². The van der Waals surface area contributed by atoms with E-state index in [1.54, 1.807) is 4.90 Å². The molecule has 0 aromatic heterocycles. The molecule has 2 heterocycles. The molecular formula is C12H20N2O2S. The third-order valence-corrected chi connectivity index (χ3v) is 4.77. The second-order valence-electron chi connectivity index (χ2n) is 5.09. The summed E-state index contributed by atoms with van der Waals surface area (Å²) in [5, 5.41) is 3.20. The van der Waals surface area contributed by atoms with Crippen LogP contribution in [-0.2, 0) is 9.59 Å². The summed E-state index contributed by atoms with van der Waals surface area (Å²) in [4.78, 5) is 25.6. The van der Waals surface area contributed by atoms with Gasteiger partial charge in [-0.25, -0.2) is 0 Å². The van der Waals surface area contributed by atoms with Crippen molar-refractivity contribution in [3.8, 4) is 0 Å². The first-order valence-electron chi connectivity index (χ1n) is 6.28. The topological polar surface area (TPSA) is 49.4 Å². The molecule has 2 fully saturated rings. The van der Waals surface area contributed by atoms with Crippen LogP contribution < -0.4 is 5.32 Å². The predicted octanol–water partition coefficient (Wildman–Crippen LogP) is 0.865. The first-order valence-corrected chi connectivity index (χ1v) is 7.33. The monoisotopic (exact) mass is 256 g/mol. The number of carbonyl (C=O) groups is 2. The first kappa shape index (κ1) is 12.7. The van der Waals surface area contributed by atoms with E-state index in [9.17, 15) is 9.59 Å². The van der Waals surface area contributed by atoms with Crippen molar-refractivity contribution in [1.82, 2.24) is 10.2 Å². The molecule has 2 atom stereocenters. The molecule has 5 heteroatoms. The lowest BCUT2D eigenvalue weighted by Gasteiger charge is -2.38. The number of hydrogen-bond acceptors (Lipinski definition) is 3. The molecule has 2 rings (SSSR count). The van der Waals surface area contributed by atoms with Gasteiger partial charge in [0.1, 0.15) is 6.04 Å². The molecule has 2 aliphatic rings. The Morgan fingerprint density at radius 1 is 1.47 bits per heavy atom. The fraction of sp³-hybridized carbons (Fsp3) is 0.833. The van der Waals surface area contributed by atoms with Crippen molar-refractivity contribution in [2.75, 3.05) is 18.8 Å².